The number of nitriles is 1. The Balaban J connectivity index is 2.48. The van der Waals surface area contributed by atoms with Gasteiger partial charge in [-0.3, -0.25) is 4.90 Å². The third-order valence-electron chi connectivity index (χ3n) is 3.58. The molecule has 0 saturated heterocycles. The van der Waals surface area contributed by atoms with E-state index in [0.29, 0.717) is 12.1 Å². The van der Waals surface area contributed by atoms with Crippen molar-refractivity contribution in [2.75, 3.05) is 20.2 Å². The van der Waals surface area contributed by atoms with Gasteiger partial charge in [-0.15, -0.1) is 0 Å². The summed E-state index contributed by atoms with van der Waals surface area (Å²) >= 11 is 0. The van der Waals surface area contributed by atoms with E-state index in [1.807, 2.05) is 6.92 Å². The first-order valence-corrected chi connectivity index (χ1v) is 6.37. The smallest absolute Gasteiger partial charge is 0.0666 e. The van der Waals surface area contributed by atoms with Crippen LogP contribution in [0.3, 0.4) is 0 Å². The van der Waals surface area contributed by atoms with Crippen LogP contribution >= 0.6 is 0 Å². The molecule has 3 unspecified atom stereocenters. The van der Waals surface area contributed by atoms with Gasteiger partial charge < -0.3 is 4.74 Å². The van der Waals surface area contributed by atoms with Crippen molar-refractivity contribution in [2.45, 2.75) is 51.7 Å². The lowest BCUT2D eigenvalue weighted by Gasteiger charge is -2.37. The summed E-state index contributed by atoms with van der Waals surface area (Å²) in [5.41, 5.74) is 0. The van der Waals surface area contributed by atoms with Crippen LogP contribution in [0, 0.1) is 17.2 Å². The molecule has 3 atom stereocenters. The highest BCUT2D eigenvalue weighted by molar-refractivity contribution is 4.86. The van der Waals surface area contributed by atoms with Crippen LogP contribution in [0.25, 0.3) is 0 Å². The highest BCUT2D eigenvalue weighted by Gasteiger charge is 2.26. The quantitative estimate of drug-likeness (QED) is 0.719. The van der Waals surface area contributed by atoms with Gasteiger partial charge in [-0.05, 0) is 39.2 Å². The van der Waals surface area contributed by atoms with Gasteiger partial charge in [0.2, 0.25) is 0 Å². The van der Waals surface area contributed by atoms with Crippen LogP contribution in [0.2, 0.25) is 0 Å². The van der Waals surface area contributed by atoms with Crippen molar-refractivity contribution in [2.24, 2.45) is 5.92 Å². The summed E-state index contributed by atoms with van der Waals surface area (Å²) in [6.07, 6.45) is 5.25. The lowest BCUT2D eigenvalue weighted by atomic mass is 9.91. The van der Waals surface area contributed by atoms with Crippen molar-refractivity contribution in [3.8, 4) is 6.07 Å². The second-order valence-electron chi connectivity index (χ2n) is 4.80. The molecular formula is C13H24N2O. The Kier molecular flexibility index (Phi) is 5.79. The summed E-state index contributed by atoms with van der Waals surface area (Å²) in [7, 11) is 1.81. The Bertz CT molecular complexity index is 237. The zero-order valence-corrected chi connectivity index (χ0v) is 10.8. The molecule has 0 amide bonds. The third-order valence-corrected chi connectivity index (χ3v) is 3.58. The van der Waals surface area contributed by atoms with E-state index in [-0.39, 0.29) is 5.92 Å². The second kappa shape index (κ2) is 6.88. The lowest BCUT2D eigenvalue weighted by Crippen LogP contribution is -2.42. The molecule has 1 fully saturated rings. The molecule has 0 N–H and O–H groups in total. The Hall–Kier alpha value is -0.590. The molecule has 1 saturated carbocycles. The van der Waals surface area contributed by atoms with Gasteiger partial charge in [0.15, 0.2) is 0 Å². The van der Waals surface area contributed by atoms with Crippen LogP contribution in [0.4, 0.5) is 0 Å². The Labute approximate surface area is 99.4 Å². The van der Waals surface area contributed by atoms with Crippen molar-refractivity contribution in [3.63, 3.8) is 0 Å². The predicted molar refractivity (Wildman–Crippen MR) is 65.1 cm³/mol. The van der Waals surface area contributed by atoms with E-state index in [9.17, 15) is 0 Å². The largest absolute Gasteiger partial charge is 0.381 e. The monoisotopic (exact) mass is 224 g/mol. The van der Waals surface area contributed by atoms with E-state index in [0.717, 1.165) is 19.5 Å². The van der Waals surface area contributed by atoms with Crippen LogP contribution < -0.4 is 0 Å². The molecule has 0 aromatic rings. The van der Waals surface area contributed by atoms with Gasteiger partial charge in [0.1, 0.15) is 0 Å². The average Bonchev–Trinajstić information content (AvgIpc) is 2.35. The van der Waals surface area contributed by atoms with Crippen LogP contribution in [-0.2, 0) is 4.74 Å². The molecular weight excluding hydrogens is 200 g/mol. The van der Waals surface area contributed by atoms with Crippen LogP contribution in [0.1, 0.15) is 39.5 Å². The summed E-state index contributed by atoms with van der Waals surface area (Å²) in [6.45, 7) is 6.11. The number of nitrogens with zero attached hydrogens (tertiary/aromatic N) is 2. The SMILES string of the molecule is CCN(CC(C)C#N)C1CCCC(OC)C1. The summed E-state index contributed by atoms with van der Waals surface area (Å²) in [6, 6.07) is 2.93. The van der Waals surface area contributed by atoms with Gasteiger partial charge >= 0.3 is 0 Å². The lowest BCUT2D eigenvalue weighted by molar-refractivity contribution is 0.0273. The molecule has 0 aromatic heterocycles. The van der Waals surface area contributed by atoms with Crippen LogP contribution in [-0.4, -0.2) is 37.2 Å². The Morgan fingerprint density at radius 3 is 2.81 bits per heavy atom. The standard InChI is InChI=1S/C13H24N2O/c1-4-15(10-11(2)9-14)12-6-5-7-13(8-12)16-3/h11-13H,4-8,10H2,1-3H3. The number of methoxy groups -OCH3 is 1. The normalized spacial score (nSPS) is 27.7. The predicted octanol–water partition coefficient (Wildman–Crippen LogP) is 2.43. The van der Waals surface area contributed by atoms with Gasteiger partial charge in [-0.25, -0.2) is 0 Å². The van der Waals surface area contributed by atoms with Gasteiger partial charge in [0.25, 0.3) is 0 Å². The molecule has 0 heterocycles. The molecule has 3 nitrogen and oxygen atoms in total. The molecule has 1 aliphatic carbocycles. The van der Waals surface area contributed by atoms with Gasteiger partial charge in [0, 0.05) is 19.7 Å². The van der Waals surface area contributed by atoms with Gasteiger partial charge in [-0.2, -0.15) is 5.26 Å². The second-order valence-corrected chi connectivity index (χ2v) is 4.80. The zero-order chi connectivity index (χ0) is 12.0. The maximum atomic E-state index is 8.87. The summed E-state index contributed by atoms with van der Waals surface area (Å²) < 4.78 is 5.46. The molecule has 1 aliphatic rings. The molecule has 0 radical (unpaired) electrons. The fourth-order valence-corrected chi connectivity index (χ4v) is 2.59. The topological polar surface area (TPSA) is 36.3 Å². The maximum absolute atomic E-state index is 8.87. The fourth-order valence-electron chi connectivity index (χ4n) is 2.59. The van der Waals surface area contributed by atoms with Crippen molar-refractivity contribution >= 4 is 0 Å². The summed E-state index contributed by atoms with van der Waals surface area (Å²) in [4.78, 5) is 2.44. The molecule has 3 heteroatoms. The first kappa shape index (κ1) is 13.5. The summed E-state index contributed by atoms with van der Waals surface area (Å²) in [5, 5.41) is 8.87. The number of ether oxygens (including phenoxy) is 1. The summed E-state index contributed by atoms with van der Waals surface area (Å²) in [5.74, 6) is 0.128. The van der Waals surface area contributed by atoms with E-state index in [2.05, 4.69) is 17.9 Å². The van der Waals surface area contributed by atoms with E-state index < -0.39 is 0 Å². The number of rotatable bonds is 5. The molecule has 92 valence electrons. The van der Waals surface area contributed by atoms with Crippen LogP contribution in [0.5, 0.6) is 0 Å². The molecule has 0 aromatic carbocycles. The van der Waals surface area contributed by atoms with E-state index >= 15 is 0 Å². The average molecular weight is 224 g/mol. The maximum Gasteiger partial charge on any atom is 0.0666 e. The highest BCUT2D eigenvalue weighted by atomic mass is 16.5. The first-order chi connectivity index (χ1) is 7.71. The third kappa shape index (κ3) is 3.77. The van der Waals surface area contributed by atoms with Crippen molar-refractivity contribution in [1.29, 1.82) is 5.26 Å². The Morgan fingerprint density at radius 2 is 2.25 bits per heavy atom. The van der Waals surface area contributed by atoms with E-state index in [1.54, 1.807) is 7.11 Å². The molecule has 0 bridgehead atoms. The molecule has 0 aliphatic heterocycles. The first-order valence-electron chi connectivity index (χ1n) is 6.37. The Morgan fingerprint density at radius 1 is 1.50 bits per heavy atom. The van der Waals surface area contributed by atoms with E-state index in [4.69, 9.17) is 10.00 Å². The molecule has 16 heavy (non-hydrogen) atoms. The highest BCUT2D eigenvalue weighted by Crippen LogP contribution is 2.25. The van der Waals surface area contributed by atoms with Gasteiger partial charge in [0.05, 0.1) is 18.1 Å². The fraction of sp³-hybridized carbons (Fsp3) is 0.923. The van der Waals surface area contributed by atoms with Crippen molar-refractivity contribution < 1.29 is 4.74 Å². The minimum absolute atomic E-state index is 0.128. The van der Waals surface area contributed by atoms with Crippen LogP contribution in [0.15, 0.2) is 0 Å². The molecule has 1 rings (SSSR count). The van der Waals surface area contributed by atoms with Gasteiger partial charge in [-0.1, -0.05) is 6.92 Å². The number of hydrogen-bond acceptors (Lipinski definition) is 3. The van der Waals surface area contributed by atoms with E-state index in [1.165, 1.54) is 19.3 Å². The molecule has 0 spiro atoms. The minimum Gasteiger partial charge on any atom is -0.381 e. The minimum atomic E-state index is 0.128. The zero-order valence-electron chi connectivity index (χ0n) is 10.8. The van der Waals surface area contributed by atoms with Crippen molar-refractivity contribution in [3.05, 3.63) is 0 Å². The number of hydrogen-bond donors (Lipinski definition) is 0. The van der Waals surface area contributed by atoms with Crippen molar-refractivity contribution in [1.82, 2.24) is 4.90 Å².